The van der Waals surface area contributed by atoms with Crippen LogP contribution in [0.5, 0.6) is 0 Å². The molecule has 0 aliphatic rings. The molecule has 0 radical (unpaired) electrons. The first-order valence-electron chi connectivity index (χ1n) is 6.65. The molecule has 1 atom stereocenters. The zero-order valence-electron chi connectivity index (χ0n) is 11.3. The molecule has 19 heavy (non-hydrogen) atoms. The van der Waals surface area contributed by atoms with E-state index in [-0.39, 0.29) is 12.5 Å². The van der Waals surface area contributed by atoms with E-state index in [1.165, 1.54) is 16.0 Å². The first kappa shape index (κ1) is 14.2. The maximum Gasteiger partial charge on any atom is 0.0500 e. The number of aliphatic hydroxyl groups is 1. The van der Waals surface area contributed by atoms with E-state index in [4.69, 9.17) is 0 Å². The fourth-order valence-corrected chi connectivity index (χ4v) is 3.03. The van der Waals surface area contributed by atoms with Gasteiger partial charge in [-0.15, -0.1) is 11.8 Å². The Balaban J connectivity index is 1.87. The molecule has 0 bridgehead atoms. The summed E-state index contributed by atoms with van der Waals surface area (Å²) in [5, 5.41) is 9.54. The number of hydrogen-bond acceptors (Lipinski definition) is 2. The average Bonchev–Trinajstić information content (AvgIpc) is 2.46. The smallest absolute Gasteiger partial charge is 0.0500 e. The van der Waals surface area contributed by atoms with Gasteiger partial charge in [0.05, 0.1) is 0 Å². The van der Waals surface area contributed by atoms with Gasteiger partial charge in [0.25, 0.3) is 0 Å². The molecular formula is C17H20OS. The number of rotatable bonds is 6. The van der Waals surface area contributed by atoms with E-state index < -0.39 is 0 Å². The van der Waals surface area contributed by atoms with E-state index in [0.717, 1.165) is 12.2 Å². The van der Waals surface area contributed by atoms with Crippen molar-refractivity contribution in [1.82, 2.24) is 0 Å². The molecular weight excluding hydrogens is 252 g/mol. The van der Waals surface area contributed by atoms with Gasteiger partial charge in [0, 0.05) is 17.4 Å². The van der Waals surface area contributed by atoms with E-state index in [2.05, 4.69) is 55.5 Å². The van der Waals surface area contributed by atoms with Crippen LogP contribution in [0.2, 0.25) is 0 Å². The Labute approximate surface area is 119 Å². The molecule has 0 saturated heterocycles. The Hall–Kier alpha value is -1.25. The van der Waals surface area contributed by atoms with Crippen molar-refractivity contribution in [1.29, 1.82) is 0 Å². The van der Waals surface area contributed by atoms with Crippen molar-refractivity contribution in [3.8, 4) is 0 Å². The fraction of sp³-hybridized carbons (Fsp3) is 0.294. The summed E-state index contributed by atoms with van der Waals surface area (Å²) < 4.78 is 0. The van der Waals surface area contributed by atoms with Gasteiger partial charge in [-0.3, -0.25) is 0 Å². The lowest BCUT2D eigenvalue weighted by molar-refractivity contribution is 0.263. The highest BCUT2D eigenvalue weighted by atomic mass is 32.2. The monoisotopic (exact) mass is 272 g/mol. The lowest BCUT2D eigenvalue weighted by Gasteiger charge is -2.14. The van der Waals surface area contributed by atoms with Gasteiger partial charge in [0.15, 0.2) is 0 Å². The topological polar surface area (TPSA) is 20.2 Å². The minimum absolute atomic E-state index is 0.221. The Bertz CT molecular complexity index is 478. The van der Waals surface area contributed by atoms with Crippen molar-refractivity contribution >= 4 is 11.8 Å². The summed E-state index contributed by atoms with van der Waals surface area (Å²) in [4.78, 5) is 1.29. The summed E-state index contributed by atoms with van der Waals surface area (Å²) in [5.41, 5.74) is 2.50. The van der Waals surface area contributed by atoms with Crippen molar-refractivity contribution < 1.29 is 5.11 Å². The molecule has 2 aromatic rings. The van der Waals surface area contributed by atoms with E-state index >= 15 is 0 Å². The van der Waals surface area contributed by atoms with Crippen molar-refractivity contribution in [2.24, 2.45) is 0 Å². The quantitative estimate of drug-likeness (QED) is 0.793. The summed E-state index contributed by atoms with van der Waals surface area (Å²) in [6.45, 7) is 2.31. The first-order chi connectivity index (χ1) is 9.29. The van der Waals surface area contributed by atoms with Crippen LogP contribution in [0.25, 0.3) is 0 Å². The van der Waals surface area contributed by atoms with Crippen molar-refractivity contribution in [2.75, 3.05) is 12.4 Å². The molecule has 2 aromatic carbocycles. The van der Waals surface area contributed by atoms with Crippen LogP contribution in [0.15, 0.2) is 59.5 Å². The highest BCUT2D eigenvalue weighted by Crippen LogP contribution is 2.25. The molecule has 0 aliphatic carbocycles. The molecule has 0 fully saturated rings. The molecule has 2 heteroatoms. The van der Waals surface area contributed by atoms with Crippen molar-refractivity contribution in [3.05, 3.63) is 65.7 Å². The van der Waals surface area contributed by atoms with E-state index in [0.29, 0.717) is 0 Å². The normalized spacial score (nSPS) is 12.3. The van der Waals surface area contributed by atoms with Gasteiger partial charge >= 0.3 is 0 Å². The molecule has 1 unspecified atom stereocenters. The third kappa shape index (κ3) is 4.41. The molecule has 0 saturated carbocycles. The maximum absolute atomic E-state index is 9.54. The van der Waals surface area contributed by atoms with Gasteiger partial charge in [-0.1, -0.05) is 48.0 Å². The summed E-state index contributed by atoms with van der Waals surface area (Å²) >= 11 is 1.85. The SMILES string of the molecule is Cc1ccc(C(CO)CCSc2ccccc2)cc1. The number of benzene rings is 2. The summed E-state index contributed by atoms with van der Waals surface area (Å²) in [5.74, 6) is 1.28. The zero-order chi connectivity index (χ0) is 13.5. The second kappa shape index (κ2) is 7.37. The number of thioether (sulfide) groups is 1. The van der Waals surface area contributed by atoms with Crippen LogP contribution < -0.4 is 0 Å². The number of hydrogen-bond donors (Lipinski definition) is 1. The molecule has 0 aromatic heterocycles. The van der Waals surface area contributed by atoms with Crippen LogP contribution >= 0.6 is 11.8 Å². The minimum Gasteiger partial charge on any atom is -0.396 e. The molecule has 0 spiro atoms. The van der Waals surface area contributed by atoms with Gasteiger partial charge < -0.3 is 5.11 Å². The Morgan fingerprint density at radius 1 is 1.00 bits per heavy atom. The third-order valence-corrected chi connectivity index (χ3v) is 4.29. The minimum atomic E-state index is 0.221. The molecule has 2 rings (SSSR count). The molecule has 100 valence electrons. The molecule has 0 amide bonds. The second-order valence-electron chi connectivity index (χ2n) is 4.74. The lowest BCUT2D eigenvalue weighted by atomic mass is 9.97. The average molecular weight is 272 g/mol. The Morgan fingerprint density at radius 3 is 2.32 bits per heavy atom. The lowest BCUT2D eigenvalue weighted by Crippen LogP contribution is -2.05. The number of aliphatic hydroxyl groups excluding tert-OH is 1. The largest absolute Gasteiger partial charge is 0.396 e. The summed E-state index contributed by atoms with van der Waals surface area (Å²) in [7, 11) is 0. The van der Waals surface area contributed by atoms with Crippen LogP contribution in [0, 0.1) is 6.92 Å². The van der Waals surface area contributed by atoms with Gasteiger partial charge in [-0.25, -0.2) is 0 Å². The van der Waals surface area contributed by atoms with E-state index in [9.17, 15) is 5.11 Å². The molecule has 0 aliphatic heterocycles. The Kier molecular flexibility index (Phi) is 5.49. The summed E-state index contributed by atoms with van der Waals surface area (Å²) in [6.07, 6.45) is 0.999. The van der Waals surface area contributed by atoms with Crippen LogP contribution in [-0.4, -0.2) is 17.5 Å². The molecule has 0 heterocycles. The second-order valence-corrected chi connectivity index (χ2v) is 5.91. The van der Waals surface area contributed by atoms with Crippen molar-refractivity contribution in [2.45, 2.75) is 24.2 Å². The summed E-state index contributed by atoms with van der Waals surface area (Å²) in [6, 6.07) is 18.9. The highest BCUT2D eigenvalue weighted by Gasteiger charge is 2.10. The molecule has 1 N–H and O–H groups in total. The number of aryl methyl sites for hydroxylation is 1. The standard InChI is InChI=1S/C17H20OS/c1-14-7-9-15(10-8-14)16(13-18)11-12-19-17-5-3-2-4-6-17/h2-10,16,18H,11-13H2,1H3. The highest BCUT2D eigenvalue weighted by molar-refractivity contribution is 7.99. The predicted molar refractivity (Wildman–Crippen MR) is 82.8 cm³/mol. The predicted octanol–water partition coefficient (Wildman–Crippen LogP) is 4.25. The van der Waals surface area contributed by atoms with Crippen LogP contribution in [0.1, 0.15) is 23.5 Å². The van der Waals surface area contributed by atoms with Gasteiger partial charge in [0.2, 0.25) is 0 Å². The van der Waals surface area contributed by atoms with Crippen LogP contribution in [0.3, 0.4) is 0 Å². The van der Waals surface area contributed by atoms with Gasteiger partial charge in [0.1, 0.15) is 0 Å². The fourth-order valence-electron chi connectivity index (χ4n) is 2.04. The van der Waals surface area contributed by atoms with E-state index in [1.54, 1.807) is 0 Å². The zero-order valence-corrected chi connectivity index (χ0v) is 12.1. The third-order valence-electron chi connectivity index (χ3n) is 3.25. The molecule has 1 nitrogen and oxygen atoms in total. The first-order valence-corrected chi connectivity index (χ1v) is 7.63. The van der Waals surface area contributed by atoms with Crippen LogP contribution in [0.4, 0.5) is 0 Å². The van der Waals surface area contributed by atoms with Crippen molar-refractivity contribution in [3.63, 3.8) is 0 Å². The maximum atomic E-state index is 9.54. The Morgan fingerprint density at radius 2 is 1.68 bits per heavy atom. The van der Waals surface area contributed by atoms with Crippen LogP contribution in [-0.2, 0) is 0 Å². The van der Waals surface area contributed by atoms with Gasteiger partial charge in [-0.05, 0) is 36.8 Å². The van der Waals surface area contributed by atoms with E-state index in [1.807, 2.05) is 17.8 Å². The van der Waals surface area contributed by atoms with Gasteiger partial charge in [-0.2, -0.15) is 0 Å².